The van der Waals surface area contributed by atoms with E-state index in [1.807, 2.05) is 20.8 Å². The lowest BCUT2D eigenvalue weighted by Gasteiger charge is -2.14. The van der Waals surface area contributed by atoms with E-state index < -0.39 is 11.9 Å². The van der Waals surface area contributed by atoms with Gasteiger partial charge in [0.1, 0.15) is 0 Å². The fourth-order valence-corrected chi connectivity index (χ4v) is 1.08. The summed E-state index contributed by atoms with van der Waals surface area (Å²) < 4.78 is 0. The molecule has 3 N–H and O–H groups in total. The van der Waals surface area contributed by atoms with E-state index in [-0.39, 0.29) is 5.41 Å². The maximum Gasteiger partial charge on any atom is 0.328 e. The van der Waals surface area contributed by atoms with Crippen LogP contribution < -0.4 is 5.32 Å². The molecule has 1 heterocycles. The molecular formula is C11H15N3O3. The predicted molar refractivity (Wildman–Crippen MR) is 62.7 cm³/mol. The Hall–Kier alpha value is -2.11. The first-order chi connectivity index (χ1) is 7.79. The molecule has 1 aromatic rings. The summed E-state index contributed by atoms with van der Waals surface area (Å²) in [5, 5.41) is 17.5. The maximum atomic E-state index is 11.3. The van der Waals surface area contributed by atoms with E-state index in [1.54, 1.807) is 6.07 Å². The second-order valence-electron chi connectivity index (χ2n) is 4.58. The van der Waals surface area contributed by atoms with Crippen LogP contribution in [0, 0.1) is 0 Å². The number of H-pyrrole nitrogens is 1. The summed E-state index contributed by atoms with van der Waals surface area (Å²) in [4.78, 5) is 21.5. The van der Waals surface area contributed by atoms with Crippen molar-refractivity contribution in [1.29, 1.82) is 0 Å². The summed E-state index contributed by atoms with van der Waals surface area (Å²) in [6, 6.07) is 1.71. The molecule has 1 rings (SSSR count). The van der Waals surface area contributed by atoms with Crippen molar-refractivity contribution in [3.8, 4) is 0 Å². The topological polar surface area (TPSA) is 95.1 Å². The molecule has 92 valence electrons. The molecule has 0 fully saturated rings. The fourth-order valence-electron chi connectivity index (χ4n) is 1.08. The van der Waals surface area contributed by atoms with Gasteiger partial charge < -0.3 is 10.4 Å². The zero-order valence-electron chi connectivity index (χ0n) is 9.94. The molecule has 6 heteroatoms. The monoisotopic (exact) mass is 237 g/mol. The lowest BCUT2D eigenvalue weighted by molar-refractivity contribution is -0.131. The quantitative estimate of drug-likeness (QED) is 0.690. The Morgan fingerprint density at radius 3 is 2.53 bits per heavy atom. The Kier molecular flexibility index (Phi) is 3.67. The summed E-state index contributed by atoms with van der Waals surface area (Å²) in [6.45, 7) is 6.03. The molecule has 0 saturated heterocycles. The molecule has 17 heavy (non-hydrogen) atoms. The van der Waals surface area contributed by atoms with Crippen molar-refractivity contribution in [2.45, 2.75) is 26.2 Å². The van der Waals surface area contributed by atoms with Crippen LogP contribution in [0.15, 0.2) is 18.2 Å². The lowest BCUT2D eigenvalue weighted by Crippen LogP contribution is -2.11. The molecule has 0 unspecified atom stereocenters. The smallest absolute Gasteiger partial charge is 0.328 e. The van der Waals surface area contributed by atoms with Gasteiger partial charge in [-0.15, -0.1) is 0 Å². The van der Waals surface area contributed by atoms with Gasteiger partial charge in [-0.3, -0.25) is 9.89 Å². The van der Waals surface area contributed by atoms with Gasteiger partial charge in [0.15, 0.2) is 5.82 Å². The number of hydrogen-bond donors (Lipinski definition) is 3. The van der Waals surface area contributed by atoms with Gasteiger partial charge in [-0.2, -0.15) is 5.10 Å². The first-order valence-corrected chi connectivity index (χ1v) is 5.07. The Labute approximate surface area is 98.7 Å². The summed E-state index contributed by atoms with van der Waals surface area (Å²) in [6.07, 6.45) is 1.71. The van der Waals surface area contributed by atoms with E-state index in [1.165, 1.54) is 0 Å². The van der Waals surface area contributed by atoms with Crippen LogP contribution in [-0.4, -0.2) is 27.2 Å². The highest BCUT2D eigenvalue weighted by molar-refractivity contribution is 6.01. The van der Waals surface area contributed by atoms with Crippen LogP contribution in [0.4, 0.5) is 5.82 Å². The number of amides is 1. The molecule has 0 aliphatic heterocycles. The molecular weight excluding hydrogens is 222 g/mol. The summed E-state index contributed by atoms with van der Waals surface area (Å²) in [5.74, 6) is -1.33. The van der Waals surface area contributed by atoms with Gasteiger partial charge in [0.2, 0.25) is 5.91 Å². The Bertz CT molecular complexity index is 455. The van der Waals surface area contributed by atoms with Crippen molar-refractivity contribution in [3.05, 3.63) is 23.9 Å². The van der Waals surface area contributed by atoms with Crippen molar-refractivity contribution in [2.75, 3.05) is 5.32 Å². The van der Waals surface area contributed by atoms with Gasteiger partial charge in [0.25, 0.3) is 0 Å². The largest absolute Gasteiger partial charge is 0.478 e. The van der Waals surface area contributed by atoms with Gasteiger partial charge >= 0.3 is 5.97 Å². The van der Waals surface area contributed by atoms with Crippen LogP contribution in [-0.2, 0) is 15.0 Å². The minimum Gasteiger partial charge on any atom is -0.478 e. The van der Waals surface area contributed by atoms with E-state index in [4.69, 9.17) is 5.11 Å². The van der Waals surface area contributed by atoms with Gasteiger partial charge in [-0.1, -0.05) is 20.8 Å². The third-order valence-electron chi connectivity index (χ3n) is 2.01. The SMILES string of the molecule is CC(C)(C)c1cc(NC(=O)/C=C\C(=O)O)n[nH]1. The minimum absolute atomic E-state index is 0.0904. The number of carbonyl (C=O) groups excluding carboxylic acids is 1. The molecule has 0 aromatic carbocycles. The number of carboxylic acids is 1. The molecule has 0 atom stereocenters. The molecule has 0 radical (unpaired) electrons. The van der Waals surface area contributed by atoms with Crippen LogP contribution in [0.25, 0.3) is 0 Å². The minimum atomic E-state index is -1.17. The lowest BCUT2D eigenvalue weighted by atomic mass is 9.92. The number of carboxylic acid groups (broad SMARTS) is 1. The molecule has 0 saturated carbocycles. The van der Waals surface area contributed by atoms with Crippen molar-refractivity contribution < 1.29 is 14.7 Å². The van der Waals surface area contributed by atoms with Crippen molar-refractivity contribution in [2.24, 2.45) is 0 Å². The van der Waals surface area contributed by atoms with Gasteiger partial charge in [0.05, 0.1) is 0 Å². The van der Waals surface area contributed by atoms with E-state index in [2.05, 4.69) is 15.5 Å². The Morgan fingerprint density at radius 2 is 2.06 bits per heavy atom. The standard InChI is InChI=1S/C11H15N3O3/c1-11(2,3)7-6-8(14-13-7)12-9(15)4-5-10(16)17/h4-6H,1-3H3,(H,16,17)(H2,12,13,14,15)/b5-4-. The first kappa shape index (κ1) is 13.0. The Morgan fingerprint density at radius 1 is 1.41 bits per heavy atom. The molecule has 0 spiro atoms. The van der Waals surface area contributed by atoms with Crippen molar-refractivity contribution in [3.63, 3.8) is 0 Å². The predicted octanol–water partition coefficient (Wildman–Crippen LogP) is 1.29. The number of nitrogens with zero attached hydrogens (tertiary/aromatic N) is 1. The summed E-state index contributed by atoms with van der Waals surface area (Å²) in [5.41, 5.74) is 0.794. The maximum absolute atomic E-state index is 11.3. The van der Waals surface area contributed by atoms with Crippen LogP contribution >= 0.6 is 0 Å². The normalized spacial score (nSPS) is 11.7. The molecule has 0 aliphatic carbocycles. The number of anilines is 1. The molecule has 1 amide bonds. The fraction of sp³-hybridized carbons (Fsp3) is 0.364. The second-order valence-corrected chi connectivity index (χ2v) is 4.58. The number of aromatic nitrogens is 2. The van der Waals surface area contributed by atoms with E-state index in [0.29, 0.717) is 5.82 Å². The molecule has 0 bridgehead atoms. The van der Waals surface area contributed by atoms with Crippen LogP contribution in [0.2, 0.25) is 0 Å². The number of rotatable bonds is 3. The zero-order valence-corrected chi connectivity index (χ0v) is 9.94. The van der Waals surface area contributed by atoms with Crippen LogP contribution in [0.5, 0.6) is 0 Å². The number of carbonyl (C=O) groups is 2. The van der Waals surface area contributed by atoms with E-state index >= 15 is 0 Å². The van der Waals surface area contributed by atoms with Crippen LogP contribution in [0.1, 0.15) is 26.5 Å². The Balaban J connectivity index is 2.67. The molecule has 6 nitrogen and oxygen atoms in total. The number of aliphatic carboxylic acids is 1. The molecule has 0 aliphatic rings. The van der Waals surface area contributed by atoms with Crippen molar-refractivity contribution >= 4 is 17.7 Å². The number of aromatic amines is 1. The first-order valence-electron chi connectivity index (χ1n) is 5.07. The van der Waals surface area contributed by atoms with Crippen LogP contribution in [0.3, 0.4) is 0 Å². The summed E-state index contributed by atoms with van der Waals surface area (Å²) in [7, 11) is 0. The third-order valence-corrected chi connectivity index (χ3v) is 2.01. The van der Waals surface area contributed by atoms with Gasteiger partial charge in [0, 0.05) is 29.3 Å². The highest BCUT2D eigenvalue weighted by Crippen LogP contribution is 2.21. The van der Waals surface area contributed by atoms with E-state index in [0.717, 1.165) is 17.8 Å². The number of hydrogen-bond acceptors (Lipinski definition) is 3. The third kappa shape index (κ3) is 4.10. The number of nitrogens with one attached hydrogen (secondary N) is 2. The summed E-state index contributed by atoms with van der Waals surface area (Å²) >= 11 is 0. The zero-order chi connectivity index (χ0) is 13.1. The van der Waals surface area contributed by atoms with Crippen molar-refractivity contribution in [1.82, 2.24) is 10.2 Å². The van der Waals surface area contributed by atoms with Gasteiger partial charge in [-0.05, 0) is 0 Å². The van der Waals surface area contributed by atoms with Gasteiger partial charge in [-0.25, -0.2) is 4.79 Å². The highest BCUT2D eigenvalue weighted by atomic mass is 16.4. The average Bonchev–Trinajstić information content (AvgIpc) is 2.62. The van der Waals surface area contributed by atoms with E-state index in [9.17, 15) is 9.59 Å². The highest BCUT2D eigenvalue weighted by Gasteiger charge is 2.16. The molecule has 1 aromatic heterocycles. The second kappa shape index (κ2) is 4.82. The average molecular weight is 237 g/mol.